The molecular formula is C19H34O. The van der Waals surface area contributed by atoms with E-state index < -0.39 is 0 Å². The van der Waals surface area contributed by atoms with Gasteiger partial charge in [0, 0.05) is 12.3 Å². The summed E-state index contributed by atoms with van der Waals surface area (Å²) in [6, 6.07) is 0. The third kappa shape index (κ3) is 3.28. The fraction of sp³-hybridized carbons (Fsp3) is 0.947. The molecule has 0 radical (unpaired) electrons. The Morgan fingerprint density at radius 3 is 2.55 bits per heavy atom. The first kappa shape index (κ1) is 16.0. The molecule has 20 heavy (non-hydrogen) atoms. The molecule has 2 aliphatic carbocycles. The average molecular weight is 278 g/mol. The highest BCUT2D eigenvalue weighted by atomic mass is 16.1. The molecule has 2 fully saturated rings. The molecule has 0 aromatic rings. The highest BCUT2D eigenvalue weighted by Gasteiger charge is 2.52. The van der Waals surface area contributed by atoms with Crippen LogP contribution in [0.1, 0.15) is 85.5 Å². The maximum atomic E-state index is 12.2. The summed E-state index contributed by atoms with van der Waals surface area (Å²) in [6.45, 7) is 9.52. The van der Waals surface area contributed by atoms with E-state index in [1.165, 1.54) is 44.9 Å². The zero-order valence-electron chi connectivity index (χ0n) is 14.1. The SMILES string of the molecule is CC(C)CCCCC(C)C1CCC2C(=O)CCCC21C. The van der Waals surface area contributed by atoms with E-state index in [9.17, 15) is 4.79 Å². The van der Waals surface area contributed by atoms with Crippen molar-refractivity contribution in [1.29, 1.82) is 0 Å². The molecular weight excluding hydrogens is 244 g/mol. The van der Waals surface area contributed by atoms with Crippen LogP contribution >= 0.6 is 0 Å². The maximum absolute atomic E-state index is 12.2. The van der Waals surface area contributed by atoms with Crippen LogP contribution in [0.5, 0.6) is 0 Å². The quantitative estimate of drug-likeness (QED) is 0.576. The molecule has 4 atom stereocenters. The smallest absolute Gasteiger partial charge is 0.136 e. The lowest BCUT2D eigenvalue weighted by Gasteiger charge is -2.42. The fourth-order valence-electron chi connectivity index (χ4n) is 5.12. The number of hydrogen-bond donors (Lipinski definition) is 0. The Morgan fingerprint density at radius 2 is 1.85 bits per heavy atom. The van der Waals surface area contributed by atoms with Crippen LogP contribution in [0.25, 0.3) is 0 Å². The van der Waals surface area contributed by atoms with E-state index in [2.05, 4.69) is 27.7 Å². The van der Waals surface area contributed by atoms with Gasteiger partial charge in [-0.05, 0) is 48.9 Å². The van der Waals surface area contributed by atoms with Gasteiger partial charge in [0.25, 0.3) is 0 Å². The molecule has 0 aliphatic heterocycles. The Balaban J connectivity index is 1.87. The van der Waals surface area contributed by atoms with Crippen LogP contribution in [-0.4, -0.2) is 5.78 Å². The number of fused-ring (bicyclic) bond motifs is 1. The molecule has 0 bridgehead atoms. The molecule has 0 amide bonds. The van der Waals surface area contributed by atoms with Crippen LogP contribution in [0.15, 0.2) is 0 Å². The van der Waals surface area contributed by atoms with Gasteiger partial charge in [0.2, 0.25) is 0 Å². The number of hydrogen-bond acceptors (Lipinski definition) is 1. The van der Waals surface area contributed by atoms with Crippen molar-refractivity contribution in [2.24, 2.45) is 29.1 Å². The molecule has 0 spiro atoms. The Hall–Kier alpha value is -0.330. The van der Waals surface area contributed by atoms with E-state index in [1.807, 2.05) is 0 Å². The van der Waals surface area contributed by atoms with E-state index >= 15 is 0 Å². The topological polar surface area (TPSA) is 17.1 Å². The second-order valence-electron chi connectivity index (χ2n) is 8.22. The lowest BCUT2D eigenvalue weighted by molar-refractivity contribution is -0.130. The number of unbranched alkanes of at least 4 members (excludes halogenated alkanes) is 1. The minimum Gasteiger partial charge on any atom is -0.299 e. The van der Waals surface area contributed by atoms with Gasteiger partial charge in [0.05, 0.1) is 0 Å². The van der Waals surface area contributed by atoms with Gasteiger partial charge in [-0.2, -0.15) is 0 Å². The third-order valence-electron chi connectivity index (χ3n) is 6.31. The van der Waals surface area contributed by atoms with Crippen molar-refractivity contribution >= 4 is 5.78 Å². The summed E-state index contributed by atoms with van der Waals surface area (Å²) in [4.78, 5) is 12.2. The summed E-state index contributed by atoms with van der Waals surface area (Å²) in [5.74, 6) is 3.43. The number of Topliss-reactive ketones (excluding diaryl/α,β-unsaturated/α-hetero) is 1. The molecule has 2 rings (SSSR count). The standard InChI is InChI=1S/C19H34O/c1-14(2)8-5-6-9-15(3)16-11-12-17-18(20)10-7-13-19(16,17)4/h14-17H,5-13H2,1-4H3. The predicted molar refractivity (Wildman–Crippen MR) is 85.6 cm³/mol. The molecule has 0 aromatic carbocycles. The van der Waals surface area contributed by atoms with Gasteiger partial charge in [0.15, 0.2) is 0 Å². The zero-order chi connectivity index (χ0) is 14.8. The van der Waals surface area contributed by atoms with Gasteiger partial charge in [0.1, 0.15) is 5.78 Å². The van der Waals surface area contributed by atoms with Gasteiger partial charge in [-0.15, -0.1) is 0 Å². The summed E-state index contributed by atoms with van der Waals surface area (Å²) in [5.41, 5.74) is 0.340. The Bertz CT molecular complexity index is 333. The van der Waals surface area contributed by atoms with Gasteiger partial charge in [-0.1, -0.05) is 53.4 Å². The van der Waals surface area contributed by atoms with Crippen molar-refractivity contribution in [2.45, 2.75) is 85.5 Å². The van der Waals surface area contributed by atoms with Gasteiger partial charge in [-0.25, -0.2) is 0 Å². The van der Waals surface area contributed by atoms with E-state index in [1.54, 1.807) is 0 Å². The van der Waals surface area contributed by atoms with Crippen LogP contribution in [0.3, 0.4) is 0 Å². The van der Waals surface area contributed by atoms with Crippen LogP contribution in [0, 0.1) is 29.1 Å². The molecule has 0 saturated heterocycles. The number of ketones is 1. The van der Waals surface area contributed by atoms with Gasteiger partial charge < -0.3 is 0 Å². The van der Waals surface area contributed by atoms with Crippen molar-refractivity contribution < 1.29 is 4.79 Å². The Kier molecular flexibility index (Phi) is 5.31. The lowest BCUT2D eigenvalue weighted by atomic mass is 9.62. The van der Waals surface area contributed by atoms with Crippen molar-refractivity contribution in [3.63, 3.8) is 0 Å². The first-order chi connectivity index (χ1) is 9.45. The largest absolute Gasteiger partial charge is 0.299 e. The predicted octanol–water partition coefficient (Wildman–Crippen LogP) is 5.62. The zero-order valence-corrected chi connectivity index (χ0v) is 14.1. The minimum atomic E-state index is 0.340. The fourth-order valence-corrected chi connectivity index (χ4v) is 5.12. The maximum Gasteiger partial charge on any atom is 0.136 e. The highest BCUT2D eigenvalue weighted by Crippen LogP contribution is 2.57. The number of rotatable bonds is 6. The lowest BCUT2D eigenvalue weighted by Crippen LogP contribution is -2.39. The first-order valence-corrected chi connectivity index (χ1v) is 8.98. The number of carbonyl (C=O) groups is 1. The van der Waals surface area contributed by atoms with E-state index in [0.717, 1.165) is 30.6 Å². The van der Waals surface area contributed by atoms with Gasteiger partial charge in [-0.3, -0.25) is 4.79 Å². The molecule has 0 N–H and O–H groups in total. The molecule has 116 valence electrons. The Labute approximate surface area is 125 Å². The molecule has 2 aliphatic rings. The average Bonchev–Trinajstić information content (AvgIpc) is 2.73. The van der Waals surface area contributed by atoms with Gasteiger partial charge >= 0.3 is 0 Å². The summed E-state index contributed by atoms with van der Waals surface area (Å²) in [5, 5.41) is 0. The second-order valence-corrected chi connectivity index (χ2v) is 8.22. The summed E-state index contributed by atoms with van der Waals surface area (Å²) in [7, 11) is 0. The van der Waals surface area contributed by atoms with E-state index in [4.69, 9.17) is 0 Å². The molecule has 1 nitrogen and oxygen atoms in total. The molecule has 0 aromatic heterocycles. The van der Waals surface area contributed by atoms with Crippen molar-refractivity contribution in [3.05, 3.63) is 0 Å². The van der Waals surface area contributed by atoms with Crippen LogP contribution in [0.4, 0.5) is 0 Å². The molecule has 2 saturated carbocycles. The van der Waals surface area contributed by atoms with Crippen LogP contribution in [0.2, 0.25) is 0 Å². The van der Waals surface area contributed by atoms with Crippen LogP contribution < -0.4 is 0 Å². The normalized spacial score (nSPS) is 35.4. The molecule has 0 heterocycles. The second kappa shape index (κ2) is 6.62. The van der Waals surface area contributed by atoms with E-state index in [0.29, 0.717) is 17.1 Å². The van der Waals surface area contributed by atoms with Crippen molar-refractivity contribution in [3.8, 4) is 0 Å². The molecule has 1 heteroatoms. The third-order valence-corrected chi connectivity index (χ3v) is 6.31. The number of carbonyl (C=O) groups excluding carboxylic acids is 1. The summed E-state index contributed by atoms with van der Waals surface area (Å²) < 4.78 is 0. The summed E-state index contributed by atoms with van der Waals surface area (Å²) in [6.07, 6.45) is 11.3. The van der Waals surface area contributed by atoms with Crippen molar-refractivity contribution in [2.75, 3.05) is 0 Å². The highest BCUT2D eigenvalue weighted by molar-refractivity contribution is 5.83. The minimum absolute atomic E-state index is 0.340. The Morgan fingerprint density at radius 1 is 1.15 bits per heavy atom. The first-order valence-electron chi connectivity index (χ1n) is 8.98. The molecule has 4 unspecified atom stereocenters. The van der Waals surface area contributed by atoms with E-state index in [-0.39, 0.29) is 0 Å². The summed E-state index contributed by atoms with van der Waals surface area (Å²) >= 11 is 0. The van der Waals surface area contributed by atoms with Crippen LogP contribution in [-0.2, 0) is 4.79 Å². The monoisotopic (exact) mass is 278 g/mol. The van der Waals surface area contributed by atoms with Crippen molar-refractivity contribution in [1.82, 2.24) is 0 Å².